The molecule has 8 nitrogen and oxygen atoms in total. The SMILES string of the molecule is CC(=O)NC[C@H]1CN(S(=O)(=O)C(=O)OCc2ccccc2)c2ccccc2O1. The summed E-state index contributed by atoms with van der Waals surface area (Å²) in [6, 6.07) is 15.3. The van der Waals surface area contributed by atoms with E-state index >= 15 is 0 Å². The number of amides is 1. The molecular weight excluding hydrogens is 384 g/mol. The van der Waals surface area contributed by atoms with Gasteiger partial charge in [-0.2, -0.15) is 8.42 Å². The fraction of sp³-hybridized carbons (Fsp3) is 0.263. The van der Waals surface area contributed by atoms with Crippen LogP contribution in [-0.4, -0.2) is 38.8 Å². The zero-order valence-corrected chi connectivity index (χ0v) is 16.0. The molecule has 0 saturated carbocycles. The fourth-order valence-corrected chi connectivity index (χ4v) is 3.90. The lowest BCUT2D eigenvalue weighted by Crippen LogP contribution is -2.49. The van der Waals surface area contributed by atoms with Crippen LogP contribution in [0.5, 0.6) is 5.75 Å². The van der Waals surface area contributed by atoms with Crippen molar-refractivity contribution in [1.82, 2.24) is 5.32 Å². The van der Waals surface area contributed by atoms with Crippen LogP contribution in [0.1, 0.15) is 12.5 Å². The molecule has 0 spiro atoms. The number of nitrogens with one attached hydrogen (secondary N) is 1. The minimum absolute atomic E-state index is 0.106. The van der Waals surface area contributed by atoms with Crippen LogP contribution in [0.3, 0.4) is 0 Å². The van der Waals surface area contributed by atoms with E-state index in [0.29, 0.717) is 11.3 Å². The van der Waals surface area contributed by atoms with Crippen molar-refractivity contribution in [3.63, 3.8) is 0 Å². The van der Waals surface area contributed by atoms with Gasteiger partial charge in [0.15, 0.2) is 0 Å². The number of hydrogen-bond acceptors (Lipinski definition) is 6. The monoisotopic (exact) mass is 404 g/mol. The summed E-state index contributed by atoms with van der Waals surface area (Å²) in [6.07, 6.45) is -0.643. The lowest BCUT2D eigenvalue weighted by atomic mass is 10.2. The number of nitrogens with zero attached hydrogens (tertiary/aromatic N) is 1. The number of hydrogen-bond donors (Lipinski definition) is 1. The Morgan fingerprint density at radius 1 is 1.14 bits per heavy atom. The van der Waals surface area contributed by atoms with Crippen LogP contribution in [0.4, 0.5) is 10.5 Å². The third kappa shape index (κ3) is 4.42. The fourth-order valence-electron chi connectivity index (χ4n) is 2.74. The van der Waals surface area contributed by atoms with Crippen LogP contribution >= 0.6 is 0 Å². The summed E-state index contributed by atoms with van der Waals surface area (Å²) in [5.41, 5.74) is 0.926. The van der Waals surface area contributed by atoms with E-state index in [-0.39, 0.29) is 31.3 Å². The smallest absolute Gasteiger partial charge is 0.445 e. The lowest BCUT2D eigenvalue weighted by molar-refractivity contribution is -0.119. The molecule has 1 heterocycles. The number of anilines is 1. The van der Waals surface area contributed by atoms with Gasteiger partial charge in [-0.3, -0.25) is 9.10 Å². The molecule has 1 atom stereocenters. The predicted molar refractivity (Wildman–Crippen MR) is 102 cm³/mol. The van der Waals surface area contributed by atoms with E-state index in [0.717, 1.165) is 4.31 Å². The largest absolute Gasteiger partial charge is 0.484 e. The molecular formula is C19H20N2O6S. The number of rotatable bonds is 5. The van der Waals surface area contributed by atoms with Gasteiger partial charge in [0.2, 0.25) is 5.91 Å². The summed E-state index contributed by atoms with van der Waals surface area (Å²) >= 11 is 0. The molecule has 0 aromatic heterocycles. The number of carbonyl (C=O) groups is 2. The van der Waals surface area contributed by atoms with E-state index in [1.54, 1.807) is 48.5 Å². The zero-order chi connectivity index (χ0) is 20.1. The van der Waals surface area contributed by atoms with E-state index < -0.39 is 21.4 Å². The van der Waals surface area contributed by atoms with Crippen LogP contribution < -0.4 is 14.4 Å². The van der Waals surface area contributed by atoms with Crippen molar-refractivity contribution in [1.29, 1.82) is 0 Å². The molecule has 1 amide bonds. The van der Waals surface area contributed by atoms with Gasteiger partial charge in [-0.1, -0.05) is 42.5 Å². The van der Waals surface area contributed by atoms with E-state index in [9.17, 15) is 18.0 Å². The molecule has 0 saturated heterocycles. The van der Waals surface area contributed by atoms with Crippen LogP contribution in [-0.2, 0) is 26.2 Å². The quantitative estimate of drug-likeness (QED) is 0.766. The second kappa shape index (κ2) is 8.30. The summed E-state index contributed by atoms with van der Waals surface area (Å²) in [6.45, 7) is 1.18. The average molecular weight is 404 g/mol. The highest BCUT2D eigenvalue weighted by Crippen LogP contribution is 2.35. The Hall–Kier alpha value is -3.07. The van der Waals surface area contributed by atoms with Gasteiger partial charge < -0.3 is 14.8 Å². The molecule has 0 bridgehead atoms. The predicted octanol–water partition coefficient (Wildman–Crippen LogP) is 2.06. The number of para-hydroxylation sites is 2. The highest BCUT2D eigenvalue weighted by atomic mass is 32.2. The number of fused-ring (bicyclic) bond motifs is 1. The molecule has 3 rings (SSSR count). The average Bonchev–Trinajstić information content (AvgIpc) is 2.70. The van der Waals surface area contributed by atoms with E-state index in [1.807, 2.05) is 6.07 Å². The van der Waals surface area contributed by atoms with Crippen LogP contribution in [0.25, 0.3) is 0 Å². The van der Waals surface area contributed by atoms with Gasteiger partial charge >= 0.3 is 15.3 Å². The van der Waals surface area contributed by atoms with Crippen molar-refractivity contribution >= 4 is 26.9 Å². The Kier molecular flexibility index (Phi) is 5.84. The van der Waals surface area contributed by atoms with E-state index in [1.165, 1.54) is 6.92 Å². The first-order chi connectivity index (χ1) is 13.4. The Bertz CT molecular complexity index is 961. The number of carbonyl (C=O) groups excluding carboxylic acids is 2. The Balaban J connectivity index is 1.80. The summed E-state index contributed by atoms with van der Waals surface area (Å²) in [5.74, 6) is 0.0441. The van der Waals surface area contributed by atoms with Gasteiger partial charge in [0.25, 0.3) is 0 Å². The Labute approximate surface area is 163 Å². The van der Waals surface area contributed by atoms with E-state index in [4.69, 9.17) is 9.47 Å². The Morgan fingerprint density at radius 2 is 1.82 bits per heavy atom. The second-order valence-electron chi connectivity index (χ2n) is 6.21. The molecule has 1 N–H and O–H groups in total. The lowest BCUT2D eigenvalue weighted by Gasteiger charge is -2.34. The Morgan fingerprint density at radius 3 is 2.54 bits per heavy atom. The van der Waals surface area contributed by atoms with Crippen LogP contribution in [0.2, 0.25) is 0 Å². The van der Waals surface area contributed by atoms with Crippen molar-refractivity contribution in [2.24, 2.45) is 0 Å². The first-order valence-corrected chi connectivity index (χ1v) is 10.1. The van der Waals surface area contributed by atoms with Gasteiger partial charge in [-0.25, -0.2) is 4.79 Å². The van der Waals surface area contributed by atoms with Gasteiger partial charge in [0.1, 0.15) is 18.5 Å². The molecule has 0 aliphatic carbocycles. The summed E-state index contributed by atoms with van der Waals surface area (Å²) in [4.78, 5) is 23.5. The van der Waals surface area contributed by atoms with Gasteiger partial charge in [0.05, 0.1) is 18.8 Å². The second-order valence-corrected chi connectivity index (χ2v) is 7.93. The third-order valence-corrected chi connectivity index (χ3v) is 5.54. The van der Waals surface area contributed by atoms with Crippen LogP contribution in [0, 0.1) is 0 Å². The topological polar surface area (TPSA) is 102 Å². The molecule has 28 heavy (non-hydrogen) atoms. The minimum atomic E-state index is -4.44. The van der Waals surface area contributed by atoms with Gasteiger partial charge in [-0.15, -0.1) is 0 Å². The first-order valence-electron chi connectivity index (χ1n) is 8.61. The minimum Gasteiger partial charge on any atom is -0.484 e. The summed E-state index contributed by atoms with van der Waals surface area (Å²) in [5, 5.41) is 1.25. The maximum absolute atomic E-state index is 12.9. The summed E-state index contributed by atoms with van der Waals surface area (Å²) in [7, 11) is -4.44. The molecule has 148 valence electrons. The van der Waals surface area contributed by atoms with Crippen LogP contribution in [0.15, 0.2) is 54.6 Å². The third-order valence-electron chi connectivity index (χ3n) is 4.08. The molecule has 2 aromatic rings. The normalized spacial score (nSPS) is 15.9. The molecule has 1 aliphatic heterocycles. The number of benzene rings is 2. The van der Waals surface area contributed by atoms with E-state index in [2.05, 4.69) is 5.32 Å². The van der Waals surface area contributed by atoms with Crippen molar-refractivity contribution in [2.45, 2.75) is 19.6 Å². The molecule has 1 aliphatic rings. The number of sulfonamides is 1. The zero-order valence-electron chi connectivity index (χ0n) is 15.2. The standard InChI is InChI=1S/C19H20N2O6S/c1-14(22)20-11-16-12-21(17-9-5-6-10-18(17)27-16)28(24,25)19(23)26-13-15-7-3-2-4-8-15/h2-10,16H,11-13H2,1H3,(H,20,22)/t16-/m0/s1. The molecule has 0 fully saturated rings. The maximum Gasteiger partial charge on any atom is 0.445 e. The highest BCUT2D eigenvalue weighted by Gasteiger charge is 2.39. The number of ether oxygens (including phenoxy) is 2. The van der Waals surface area contributed by atoms with Gasteiger partial charge in [-0.05, 0) is 17.7 Å². The molecule has 9 heteroatoms. The maximum atomic E-state index is 12.9. The molecule has 2 aromatic carbocycles. The van der Waals surface area contributed by atoms with Crippen molar-refractivity contribution in [3.8, 4) is 5.75 Å². The molecule has 0 unspecified atom stereocenters. The van der Waals surface area contributed by atoms with Gasteiger partial charge in [0, 0.05) is 6.92 Å². The van der Waals surface area contributed by atoms with Crippen molar-refractivity contribution in [3.05, 3.63) is 60.2 Å². The first kappa shape index (κ1) is 19.7. The summed E-state index contributed by atoms with van der Waals surface area (Å²) < 4.78 is 37.4. The van der Waals surface area contributed by atoms with Crippen molar-refractivity contribution in [2.75, 3.05) is 17.4 Å². The molecule has 0 radical (unpaired) electrons. The van der Waals surface area contributed by atoms with Crippen molar-refractivity contribution < 1.29 is 27.5 Å². The highest BCUT2D eigenvalue weighted by molar-refractivity contribution is 8.06.